The van der Waals surface area contributed by atoms with Crippen LogP contribution < -0.4 is 10.5 Å². The van der Waals surface area contributed by atoms with Crippen LogP contribution in [0.5, 0.6) is 0 Å². The van der Waals surface area contributed by atoms with Crippen LogP contribution in [0.1, 0.15) is 35.4 Å². The summed E-state index contributed by atoms with van der Waals surface area (Å²) in [6.07, 6.45) is 2.52. The van der Waals surface area contributed by atoms with Crippen molar-refractivity contribution in [2.75, 3.05) is 0 Å². The maximum absolute atomic E-state index is 12.2. The average molecular weight is 344 g/mol. The Morgan fingerprint density at radius 1 is 1.12 bits per heavy atom. The molecule has 2 aromatic carbocycles. The molecule has 3 rings (SSSR count). The SMILES string of the molecule is NS(=O)(=O)c1ccc(CNC(=O)C[C@@H]2CCc3ccccc32)cc1. The summed E-state index contributed by atoms with van der Waals surface area (Å²) in [4.78, 5) is 12.3. The number of aryl methyl sites for hydroxylation is 1. The van der Waals surface area contributed by atoms with Crippen molar-refractivity contribution in [1.82, 2.24) is 5.32 Å². The number of rotatable bonds is 5. The number of sulfonamides is 1. The molecule has 0 fully saturated rings. The number of fused-ring (bicyclic) bond motifs is 1. The normalized spacial score (nSPS) is 16.6. The van der Waals surface area contributed by atoms with E-state index in [-0.39, 0.29) is 16.7 Å². The third kappa shape index (κ3) is 3.83. The molecule has 5 nitrogen and oxygen atoms in total. The molecule has 24 heavy (non-hydrogen) atoms. The van der Waals surface area contributed by atoms with Gasteiger partial charge in [-0.2, -0.15) is 0 Å². The van der Waals surface area contributed by atoms with Crippen LogP contribution in [-0.2, 0) is 27.8 Å². The number of hydrogen-bond acceptors (Lipinski definition) is 3. The predicted molar refractivity (Wildman–Crippen MR) is 91.8 cm³/mol. The van der Waals surface area contributed by atoms with Crippen molar-refractivity contribution in [3.63, 3.8) is 0 Å². The van der Waals surface area contributed by atoms with Gasteiger partial charge in [0.2, 0.25) is 15.9 Å². The van der Waals surface area contributed by atoms with Gasteiger partial charge in [0.25, 0.3) is 0 Å². The molecular weight excluding hydrogens is 324 g/mol. The Balaban J connectivity index is 1.55. The molecule has 0 saturated carbocycles. The van der Waals surface area contributed by atoms with Gasteiger partial charge in [-0.25, -0.2) is 13.6 Å². The summed E-state index contributed by atoms with van der Waals surface area (Å²) in [7, 11) is -3.68. The minimum atomic E-state index is -3.68. The minimum Gasteiger partial charge on any atom is -0.352 e. The number of benzene rings is 2. The Hall–Kier alpha value is -2.18. The van der Waals surface area contributed by atoms with E-state index in [0.29, 0.717) is 13.0 Å². The molecule has 6 heteroatoms. The smallest absolute Gasteiger partial charge is 0.238 e. The summed E-state index contributed by atoms with van der Waals surface area (Å²) in [5, 5.41) is 7.96. The van der Waals surface area contributed by atoms with Crippen molar-refractivity contribution >= 4 is 15.9 Å². The molecule has 126 valence electrons. The van der Waals surface area contributed by atoms with Gasteiger partial charge in [-0.1, -0.05) is 36.4 Å². The Morgan fingerprint density at radius 3 is 2.54 bits per heavy atom. The third-order valence-electron chi connectivity index (χ3n) is 4.43. The molecule has 0 radical (unpaired) electrons. The third-order valence-corrected chi connectivity index (χ3v) is 5.36. The molecule has 0 aromatic heterocycles. The zero-order valence-corrected chi connectivity index (χ0v) is 14.1. The topological polar surface area (TPSA) is 89.3 Å². The summed E-state index contributed by atoms with van der Waals surface area (Å²) >= 11 is 0. The molecule has 0 spiro atoms. The van der Waals surface area contributed by atoms with Gasteiger partial charge < -0.3 is 5.32 Å². The molecule has 0 bridgehead atoms. The van der Waals surface area contributed by atoms with Crippen molar-refractivity contribution in [1.29, 1.82) is 0 Å². The molecule has 1 atom stereocenters. The fourth-order valence-corrected chi connectivity index (χ4v) is 3.67. The second-order valence-electron chi connectivity index (χ2n) is 6.10. The quantitative estimate of drug-likeness (QED) is 0.870. The number of carbonyl (C=O) groups is 1. The zero-order chi connectivity index (χ0) is 17.2. The van der Waals surface area contributed by atoms with E-state index in [1.165, 1.54) is 23.3 Å². The molecule has 1 aliphatic carbocycles. The van der Waals surface area contributed by atoms with Crippen LogP contribution in [0.3, 0.4) is 0 Å². The monoisotopic (exact) mass is 344 g/mol. The van der Waals surface area contributed by atoms with Crippen LogP contribution in [0.2, 0.25) is 0 Å². The summed E-state index contributed by atoms with van der Waals surface area (Å²) < 4.78 is 22.4. The Kier molecular flexibility index (Phi) is 4.69. The van der Waals surface area contributed by atoms with Crippen molar-refractivity contribution in [3.05, 3.63) is 65.2 Å². The van der Waals surface area contributed by atoms with E-state index >= 15 is 0 Å². The molecular formula is C18H20N2O3S. The fraction of sp³-hybridized carbons (Fsp3) is 0.278. The number of hydrogen-bond donors (Lipinski definition) is 2. The lowest BCUT2D eigenvalue weighted by molar-refractivity contribution is -0.121. The van der Waals surface area contributed by atoms with Gasteiger partial charge in [-0.05, 0) is 47.6 Å². The maximum Gasteiger partial charge on any atom is 0.238 e. The summed E-state index contributed by atoms with van der Waals surface area (Å²) in [5.74, 6) is 0.290. The van der Waals surface area contributed by atoms with Gasteiger partial charge in [0.15, 0.2) is 0 Å². The van der Waals surface area contributed by atoms with Gasteiger partial charge in [0.1, 0.15) is 0 Å². The first-order valence-electron chi connectivity index (χ1n) is 7.90. The van der Waals surface area contributed by atoms with Crippen molar-refractivity contribution in [3.8, 4) is 0 Å². The number of nitrogens with two attached hydrogens (primary N) is 1. The fourth-order valence-electron chi connectivity index (χ4n) is 3.15. The van der Waals surface area contributed by atoms with Crippen LogP contribution in [0.15, 0.2) is 53.4 Å². The van der Waals surface area contributed by atoms with Crippen molar-refractivity contribution in [2.45, 2.75) is 36.6 Å². The highest BCUT2D eigenvalue weighted by atomic mass is 32.2. The van der Waals surface area contributed by atoms with Crippen LogP contribution in [-0.4, -0.2) is 14.3 Å². The van der Waals surface area contributed by atoms with E-state index in [2.05, 4.69) is 17.4 Å². The number of amides is 1. The maximum atomic E-state index is 12.2. The van der Waals surface area contributed by atoms with Crippen molar-refractivity contribution < 1.29 is 13.2 Å². The first-order valence-corrected chi connectivity index (χ1v) is 9.44. The predicted octanol–water partition coefficient (Wildman–Crippen LogP) is 2.07. The second kappa shape index (κ2) is 6.75. The Labute approximate surface area is 141 Å². The summed E-state index contributed by atoms with van der Waals surface area (Å²) in [5.41, 5.74) is 3.46. The Bertz CT molecular complexity index is 845. The molecule has 3 N–H and O–H groups in total. The van der Waals surface area contributed by atoms with Gasteiger partial charge in [-0.15, -0.1) is 0 Å². The van der Waals surface area contributed by atoms with Crippen LogP contribution in [0.25, 0.3) is 0 Å². The van der Waals surface area contributed by atoms with E-state index in [1.54, 1.807) is 12.1 Å². The minimum absolute atomic E-state index is 0.00669. The van der Waals surface area contributed by atoms with Gasteiger partial charge in [0, 0.05) is 13.0 Å². The number of primary sulfonamides is 1. The van der Waals surface area contributed by atoms with E-state index < -0.39 is 10.0 Å². The highest BCUT2D eigenvalue weighted by molar-refractivity contribution is 7.89. The molecule has 0 saturated heterocycles. The zero-order valence-electron chi connectivity index (χ0n) is 13.2. The lowest BCUT2D eigenvalue weighted by atomic mass is 9.97. The largest absolute Gasteiger partial charge is 0.352 e. The van der Waals surface area contributed by atoms with Crippen LogP contribution in [0.4, 0.5) is 0 Å². The lowest BCUT2D eigenvalue weighted by Gasteiger charge is -2.12. The van der Waals surface area contributed by atoms with Gasteiger partial charge >= 0.3 is 0 Å². The Morgan fingerprint density at radius 2 is 1.83 bits per heavy atom. The van der Waals surface area contributed by atoms with Crippen LogP contribution >= 0.6 is 0 Å². The van der Waals surface area contributed by atoms with Crippen molar-refractivity contribution in [2.24, 2.45) is 5.14 Å². The molecule has 0 heterocycles. The molecule has 0 unspecified atom stereocenters. The van der Waals surface area contributed by atoms with E-state index in [4.69, 9.17) is 5.14 Å². The molecule has 1 amide bonds. The van der Waals surface area contributed by atoms with Crippen LogP contribution in [0, 0.1) is 0 Å². The lowest BCUT2D eigenvalue weighted by Crippen LogP contribution is -2.24. The van der Waals surface area contributed by atoms with E-state index in [0.717, 1.165) is 18.4 Å². The molecule has 1 aliphatic rings. The average Bonchev–Trinajstić information content (AvgIpc) is 2.96. The first kappa shape index (κ1) is 16.7. The number of carbonyl (C=O) groups excluding carboxylic acids is 1. The number of nitrogens with one attached hydrogen (secondary N) is 1. The van der Waals surface area contributed by atoms with Gasteiger partial charge in [-0.3, -0.25) is 4.79 Å². The molecule has 2 aromatic rings. The standard InChI is InChI=1S/C18H20N2O3S/c19-24(22,23)16-9-5-13(6-10-16)12-20-18(21)11-15-8-7-14-3-1-2-4-17(14)15/h1-6,9-10,15H,7-8,11-12H2,(H,20,21)(H2,19,22,23)/t15-/m0/s1. The highest BCUT2D eigenvalue weighted by Crippen LogP contribution is 2.35. The molecule has 0 aliphatic heterocycles. The van der Waals surface area contributed by atoms with Gasteiger partial charge in [0.05, 0.1) is 4.90 Å². The summed E-state index contributed by atoms with van der Waals surface area (Å²) in [6.45, 7) is 0.373. The second-order valence-corrected chi connectivity index (χ2v) is 7.67. The highest BCUT2D eigenvalue weighted by Gasteiger charge is 2.23. The first-order chi connectivity index (χ1) is 11.4. The van der Waals surface area contributed by atoms with E-state index in [1.807, 2.05) is 12.1 Å². The van der Waals surface area contributed by atoms with E-state index in [9.17, 15) is 13.2 Å². The summed E-state index contributed by atoms with van der Waals surface area (Å²) in [6, 6.07) is 14.5.